The van der Waals surface area contributed by atoms with Crippen LogP contribution < -0.4 is 5.32 Å². The molecule has 4 rings (SSSR count). The lowest BCUT2D eigenvalue weighted by Crippen LogP contribution is -2.51. The van der Waals surface area contributed by atoms with Crippen LogP contribution >= 0.6 is 0 Å². The summed E-state index contributed by atoms with van der Waals surface area (Å²) in [5.41, 5.74) is 2.25. The number of sulfonamides is 1. The molecule has 0 aliphatic carbocycles. The molecule has 2 N–H and O–H groups in total. The molecule has 232 valence electrons. The first-order chi connectivity index (χ1) is 20.1. The van der Waals surface area contributed by atoms with Crippen molar-refractivity contribution in [1.29, 1.82) is 0 Å². The maximum absolute atomic E-state index is 13.6. The summed E-state index contributed by atoms with van der Waals surface area (Å²) in [7, 11) is -3.85. The maximum Gasteiger partial charge on any atom is 0.407 e. The van der Waals surface area contributed by atoms with Crippen molar-refractivity contribution in [3.8, 4) is 0 Å². The number of amides is 1. The normalized spacial score (nSPS) is 20.1. The van der Waals surface area contributed by atoms with Crippen LogP contribution in [0.15, 0.2) is 59.5 Å². The van der Waals surface area contributed by atoms with Gasteiger partial charge in [0, 0.05) is 26.1 Å². The van der Waals surface area contributed by atoms with E-state index < -0.39 is 28.3 Å². The highest BCUT2D eigenvalue weighted by atomic mass is 32.2. The van der Waals surface area contributed by atoms with Gasteiger partial charge in [-0.2, -0.15) is 4.31 Å². The van der Waals surface area contributed by atoms with Crippen molar-refractivity contribution in [2.45, 2.75) is 76.1 Å². The predicted molar refractivity (Wildman–Crippen MR) is 162 cm³/mol. The van der Waals surface area contributed by atoms with E-state index in [1.807, 2.05) is 26.8 Å². The smallest absolute Gasteiger partial charge is 0.407 e. The second kappa shape index (κ2) is 15.3. The minimum Gasteiger partial charge on any atom is -0.444 e. The Kier molecular flexibility index (Phi) is 11.8. The van der Waals surface area contributed by atoms with Gasteiger partial charge in [-0.3, -0.25) is 4.90 Å². The lowest BCUT2D eigenvalue weighted by atomic mass is 9.88. The molecule has 3 atom stereocenters. The molecule has 0 saturated carbocycles. The molecule has 2 heterocycles. The van der Waals surface area contributed by atoms with Crippen LogP contribution in [-0.4, -0.2) is 86.5 Å². The van der Waals surface area contributed by atoms with Gasteiger partial charge in [-0.05, 0) is 68.8 Å². The Morgan fingerprint density at radius 3 is 2.38 bits per heavy atom. The monoisotopic (exact) mass is 601 g/mol. The van der Waals surface area contributed by atoms with Crippen LogP contribution in [-0.2, 0) is 26.0 Å². The number of aliphatic hydroxyl groups excluding tert-OH is 1. The van der Waals surface area contributed by atoms with Crippen molar-refractivity contribution in [2.24, 2.45) is 11.8 Å². The number of nitrogens with zero attached hydrogens (tertiary/aromatic N) is 2. The van der Waals surface area contributed by atoms with E-state index in [4.69, 9.17) is 9.47 Å². The Bertz CT molecular complexity index is 1210. The summed E-state index contributed by atoms with van der Waals surface area (Å²) < 4.78 is 39.5. The van der Waals surface area contributed by atoms with Crippen molar-refractivity contribution >= 4 is 16.1 Å². The lowest BCUT2D eigenvalue weighted by Gasteiger charge is -2.36. The first-order valence-electron chi connectivity index (χ1n) is 15.2. The SMILES string of the molecule is Cc1ccc(S(=O)(=O)N(CC(C)C)C[C@@H](O)[C@H](CC2CCN(Cc3ccccc3)CC2)NC(=O)O[C@H]2CCOC2)cc1. The topological polar surface area (TPSA) is 108 Å². The van der Waals surface area contributed by atoms with Crippen LogP contribution in [0.1, 0.15) is 50.7 Å². The minimum absolute atomic E-state index is 0.0464. The molecule has 10 heteroatoms. The first-order valence-corrected chi connectivity index (χ1v) is 16.6. The van der Waals surface area contributed by atoms with E-state index in [0.29, 0.717) is 26.1 Å². The van der Waals surface area contributed by atoms with E-state index in [0.717, 1.165) is 38.0 Å². The molecule has 2 aromatic carbocycles. The maximum atomic E-state index is 13.6. The van der Waals surface area contributed by atoms with Crippen LogP contribution in [0.5, 0.6) is 0 Å². The molecule has 2 aromatic rings. The number of carbonyl (C=O) groups is 1. The third-order valence-electron chi connectivity index (χ3n) is 8.09. The fraction of sp³-hybridized carbons (Fsp3) is 0.594. The number of aryl methyl sites for hydroxylation is 1. The number of ether oxygens (including phenoxy) is 2. The molecule has 0 spiro atoms. The van der Waals surface area contributed by atoms with Crippen molar-refractivity contribution in [2.75, 3.05) is 39.4 Å². The fourth-order valence-corrected chi connectivity index (χ4v) is 7.33. The zero-order valence-electron chi connectivity index (χ0n) is 25.2. The Morgan fingerprint density at radius 1 is 1.07 bits per heavy atom. The standard InChI is InChI=1S/C32H47N3O6S/c1-24(2)20-35(42(38,39)29-11-9-25(3)10-12-29)22-31(36)30(33-32(37)41-28-15-18-40-23-28)19-26-13-16-34(17-14-26)21-27-7-5-4-6-8-27/h4-12,24,26,28,30-31,36H,13-23H2,1-3H3,(H,33,37)/t28-,30-,31+/m0/s1. The average Bonchev–Trinajstić information content (AvgIpc) is 3.47. The van der Waals surface area contributed by atoms with E-state index in [1.165, 1.54) is 9.87 Å². The van der Waals surface area contributed by atoms with E-state index >= 15 is 0 Å². The van der Waals surface area contributed by atoms with Gasteiger partial charge in [-0.25, -0.2) is 13.2 Å². The van der Waals surface area contributed by atoms with Gasteiger partial charge < -0.3 is 19.9 Å². The van der Waals surface area contributed by atoms with Gasteiger partial charge in [0.2, 0.25) is 10.0 Å². The average molecular weight is 602 g/mol. The van der Waals surface area contributed by atoms with E-state index in [9.17, 15) is 18.3 Å². The molecule has 42 heavy (non-hydrogen) atoms. The van der Waals surface area contributed by atoms with E-state index in [-0.39, 0.29) is 35.9 Å². The Hall–Kier alpha value is -2.50. The summed E-state index contributed by atoms with van der Waals surface area (Å²) in [6, 6.07) is 16.5. The molecule has 0 bridgehead atoms. The van der Waals surface area contributed by atoms with E-state index in [1.54, 1.807) is 24.3 Å². The third kappa shape index (κ3) is 9.50. The van der Waals surface area contributed by atoms with Crippen molar-refractivity contribution in [1.82, 2.24) is 14.5 Å². The van der Waals surface area contributed by atoms with Crippen LogP contribution in [0.2, 0.25) is 0 Å². The highest BCUT2D eigenvalue weighted by molar-refractivity contribution is 7.89. The van der Waals surface area contributed by atoms with Gasteiger partial charge in [0.15, 0.2) is 0 Å². The highest BCUT2D eigenvalue weighted by Gasteiger charge is 2.34. The molecule has 9 nitrogen and oxygen atoms in total. The zero-order chi connectivity index (χ0) is 30.1. The summed E-state index contributed by atoms with van der Waals surface area (Å²) in [6.07, 6.45) is 1.00. The summed E-state index contributed by atoms with van der Waals surface area (Å²) in [6.45, 7) is 9.58. The molecule has 2 fully saturated rings. The molecule has 2 saturated heterocycles. The number of alkyl carbamates (subject to hydrolysis) is 1. The number of benzene rings is 2. The van der Waals surface area contributed by atoms with Crippen LogP contribution in [0.3, 0.4) is 0 Å². The second-order valence-corrected chi connectivity index (χ2v) is 14.1. The second-order valence-electron chi connectivity index (χ2n) is 12.2. The van der Waals surface area contributed by atoms with Gasteiger partial charge >= 0.3 is 6.09 Å². The van der Waals surface area contributed by atoms with Crippen LogP contribution in [0.4, 0.5) is 4.79 Å². The Morgan fingerprint density at radius 2 is 1.76 bits per heavy atom. The minimum atomic E-state index is -3.85. The lowest BCUT2D eigenvalue weighted by molar-refractivity contribution is 0.0555. The number of aliphatic hydroxyl groups is 1. The summed E-state index contributed by atoms with van der Waals surface area (Å²) in [4.78, 5) is 15.5. The van der Waals surface area contributed by atoms with Gasteiger partial charge in [0.05, 0.1) is 30.3 Å². The predicted octanol–water partition coefficient (Wildman–Crippen LogP) is 4.19. The molecule has 1 amide bonds. The Labute approximate surface area is 251 Å². The number of nitrogens with one attached hydrogen (secondary N) is 1. The zero-order valence-corrected chi connectivity index (χ0v) is 26.0. The summed E-state index contributed by atoms with van der Waals surface area (Å²) in [5, 5.41) is 14.4. The van der Waals surface area contributed by atoms with Crippen LogP contribution in [0.25, 0.3) is 0 Å². The number of rotatable bonds is 13. The number of piperidine rings is 1. The summed E-state index contributed by atoms with van der Waals surface area (Å²) >= 11 is 0. The largest absolute Gasteiger partial charge is 0.444 e. The molecule has 0 aromatic heterocycles. The molecule has 0 unspecified atom stereocenters. The molecule has 2 aliphatic rings. The van der Waals surface area contributed by atoms with Crippen molar-refractivity contribution in [3.63, 3.8) is 0 Å². The van der Waals surface area contributed by atoms with Gasteiger partial charge in [0.1, 0.15) is 6.10 Å². The fourth-order valence-electron chi connectivity index (χ4n) is 5.71. The quantitative estimate of drug-likeness (QED) is 0.355. The first kappa shape index (κ1) is 32.4. The molecule has 2 aliphatic heterocycles. The van der Waals surface area contributed by atoms with Gasteiger partial charge in [-0.1, -0.05) is 61.9 Å². The molecule has 0 radical (unpaired) electrons. The van der Waals surface area contributed by atoms with Gasteiger partial charge in [0.25, 0.3) is 0 Å². The number of hydrogen-bond acceptors (Lipinski definition) is 7. The van der Waals surface area contributed by atoms with E-state index in [2.05, 4.69) is 34.5 Å². The number of carbonyl (C=O) groups excluding carboxylic acids is 1. The number of likely N-dealkylation sites (tertiary alicyclic amines) is 1. The molecular weight excluding hydrogens is 554 g/mol. The third-order valence-corrected chi connectivity index (χ3v) is 9.94. The summed E-state index contributed by atoms with van der Waals surface area (Å²) in [5.74, 6) is 0.323. The number of hydrogen-bond donors (Lipinski definition) is 2. The van der Waals surface area contributed by atoms with Crippen LogP contribution in [0, 0.1) is 18.8 Å². The Balaban J connectivity index is 1.44. The van der Waals surface area contributed by atoms with Gasteiger partial charge in [-0.15, -0.1) is 0 Å². The molecular formula is C32H47N3O6S. The highest BCUT2D eigenvalue weighted by Crippen LogP contribution is 2.26. The van der Waals surface area contributed by atoms with Crippen molar-refractivity contribution < 1.29 is 27.8 Å². The van der Waals surface area contributed by atoms with Crippen molar-refractivity contribution in [3.05, 3.63) is 65.7 Å².